The van der Waals surface area contributed by atoms with Gasteiger partial charge in [-0.2, -0.15) is 0 Å². The fourth-order valence-electron chi connectivity index (χ4n) is 9.46. The molecule has 0 saturated carbocycles. The van der Waals surface area contributed by atoms with Crippen molar-refractivity contribution < 1.29 is 149 Å². The highest BCUT2D eigenvalue weighted by Crippen LogP contribution is 2.27. The van der Waals surface area contributed by atoms with E-state index in [-0.39, 0.29) is 58.0 Å². The third kappa shape index (κ3) is 20.0. The molecule has 0 spiro atoms. The van der Waals surface area contributed by atoms with Gasteiger partial charge in [0.15, 0.2) is 0 Å². The third-order valence-electron chi connectivity index (χ3n) is 14.2. The fraction of sp³-hybridized carbons (Fsp3) is 1.00. The minimum Gasteiger partial charge on any atom is -0.394 e. The lowest BCUT2D eigenvalue weighted by atomic mass is 9.96. The molecule has 30 nitrogen and oxygen atoms in total. The maximum atomic E-state index is 9.55. The van der Waals surface area contributed by atoms with Gasteiger partial charge < -0.3 is 149 Å². The molecule has 6 rings (SSSR count). The molecule has 30 atom stereocenters. The van der Waals surface area contributed by atoms with Crippen LogP contribution in [0, 0.1) is 0 Å². The van der Waals surface area contributed by atoms with Gasteiger partial charge in [0, 0.05) is 42.7 Å². The third-order valence-corrected chi connectivity index (χ3v) is 14.2. The van der Waals surface area contributed by atoms with Crippen LogP contribution in [-0.4, -0.2) is 357 Å². The van der Waals surface area contributed by atoms with Crippen LogP contribution in [0.4, 0.5) is 0 Å². The molecule has 6 aliphatic rings. The Labute approximate surface area is 455 Å². The summed E-state index contributed by atoms with van der Waals surface area (Å²) in [4.78, 5) is 0. The van der Waals surface area contributed by atoms with Crippen LogP contribution in [0.25, 0.3) is 0 Å². The van der Waals surface area contributed by atoms with E-state index in [1.807, 2.05) is 0 Å². The predicted molar refractivity (Wildman–Crippen MR) is 265 cm³/mol. The van der Waals surface area contributed by atoms with E-state index in [0.717, 1.165) is 0 Å². The number of methoxy groups -OCH3 is 6. The zero-order valence-corrected chi connectivity index (χ0v) is 46.5. The molecule has 78 heavy (non-hydrogen) atoms. The number of ether oxygens (including phenoxy) is 12. The van der Waals surface area contributed by atoms with Gasteiger partial charge in [0.25, 0.3) is 0 Å². The molecule has 0 bridgehead atoms. The van der Waals surface area contributed by atoms with E-state index in [1.165, 1.54) is 42.7 Å². The Morgan fingerprint density at radius 3 is 0.526 bits per heavy atom. The molecule has 18 N–H and O–H groups in total. The van der Waals surface area contributed by atoms with E-state index >= 15 is 0 Å². The van der Waals surface area contributed by atoms with E-state index < -0.39 is 165 Å². The van der Waals surface area contributed by atoms with Gasteiger partial charge in [-0.1, -0.05) is 0 Å². The van der Waals surface area contributed by atoms with Crippen LogP contribution in [0.1, 0.15) is 41.5 Å². The highest BCUT2D eigenvalue weighted by molar-refractivity contribution is 4.95. The summed E-state index contributed by atoms with van der Waals surface area (Å²) in [6.07, 6.45) is -22.1. The molecule has 24 unspecified atom stereocenters. The van der Waals surface area contributed by atoms with E-state index in [9.17, 15) is 61.3 Å². The van der Waals surface area contributed by atoms with E-state index in [2.05, 4.69) is 0 Å². The minimum atomic E-state index is -1.09. The van der Waals surface area contributed by atoms with E-state index in [0.29, 0.717) is 0 Å². The quantitative estimate of drug-likeness (QED) is 0.0863. The van der Waals surface area contributed by atoms with Crippen LogP contribution >= 0.6 is 0 Å². The van der Waals surface area contributed by atoms with Crippen LogP contribution in [0.3, 0.4) is 0 Å². The molecule has 6 fully saturated rings. The average molecular weight is 1150 g/mol. The molecule has 6 heterocycles. The van der Waals surface area contributed by atoms with Crippen LogP contribution in [0.15, 0.2) is 0 Å². The molecular formula is C48H96O30. The summed E-state index contributed by atoms with van der Waals surface area (Å²) < 4.78 is 60.9. The molecule has 0 aromatic heterocycles. The van der Waals surface area contributed by atoms with Gasteiger partial charge in [0.05, 0.1) is 76.3 Å². The van der Waals surface area contributed by atoms with Crippen LogP contribution in [-0.2, 0) is 56.8 Å². The Morgan fingerprint density at radius 1 is 0.218 bits per heavy atom. The lowest BCUT2D eigenvalue weighted by Gasteiger charge is -2.40. The average Bonchev–Trinajstić information content (AvgIpc) is 3.42. The summed E-state index contributed by atoms with van der Waals surface area (Å²) in [5.74, 6) is 0. The summed E-state index contributed by atoms with van der Waals surface area (Å²) in [5.41, 5.74) is 0. The van der Waals surface area contributed by atoms with Crippen LogP contribution in [0.2, 0.25) is 0 Å². The second-order valence-corrected chi connectivity index (χ2v) is 19.5. The second-order valence-electron chi connectivity index (χ2n) is 19.5. The van der Waals surface area contributed by atoms with Crippen molar-refractivity contribution in [3.05, 3.63) is 0 Å². The second kappa shape index (κ2) is 37.2. The van der Waals surface area contributed by atoms with Crippen LogP contribution in [0.5, 0.6) is 0 Å². The Hall–Kier alpha value is -1.20. The topological polar surface area (TPSA) is 475 Å². The number of aliphatic hydroxyl groups is 18. The molecule has 0 amide bonds. The first-order valence-corrected chi connectivity index (χ1v) is 25.6. The maximum Gasteiger partial charge on any atom is 0.114 e. The van der Waals surface area contributed by atoms with Gasteiger partial charge in [-0.25, -0.2) is 0 Å². The van der Waals surface area contributed by atoms with Crippen molar-refractivity contribution in [1.82, 2.24) is 0 Å². The SMILES string of the molecule is COC1C(O)C(CO)O[C@H](C)C1O.COC1C(O)C(CO)O[C@H](C)C1O.COC1C(O)C(CO)O[C@H](C)C1O.COC1C(O)C(O)C(CO)O[C@@H]1C.COC1C(O)C(O)C(CO)O[C@@H]1C.COC1C(O)C(O)C(CO)O[C@@H]1C. The van der Waals surface area contributed by atoms with E-state index in [1.54, 1.807) is 41.5 Å². The Balaban J connectivity index is 0.000000468. The highest BCUT2D eigenvalue weighted by Gasteiger charge is 2.47. The van der Waals surface area contributed by atoms with Crippen molar-refractivity contribution in [2.75, 3.05) is 82.3 Å². The van der Waals surface area contributed by atoms with Gasteiger partial charge in [-0.3, -0.25) is 0 Å². The number of aliphatic hydroxyl groups excluding tert-OH is 18. The monoisotopic (exact) mass is 1150 g/mol. The first-order valence-electron chi connectivity index (χ1n) is 25.6. The van der Waals surface area contributed by atoms with Crippen molar-refractivity contribution in [3.63, 3.8) is 0 Å². The molecule has 6 saturated heterocycles. The maximum absolute atomic E-state index is 9.55. The Morgan fingerprint density at radius 2 is 0.372 bits per heavy atom. The van der Waals surface area contributed by atoms with Gasteiger partial charge in [-0.05, 0) is 41.5 Å². The molecule has 0 aliphatic carbocycles. The summed E-state index contributed by atoms with van der Waals surface area (Å²) in [6.45, 7) is 8.44. The predicted octanol–water partition coefficient (Wildman–Crippen LogP) is -8.98. The molecule has 0 aromatic carbocycles. The summed E-state index contributed by atoms with van der Waals surface area (Å²) in [7, 11) is 8.55. The molecule has 468 valence electrons. The van der Waals surface area contributed by atoms with Crippen molar-refractivity contribution in [1.29, 1.82) is 0 Å². The number of hydrogen-bond donors (Lipinski definition) is 18. The molecular weight excluding hydrogens is 1060 g/mol. The van der Waals surface area contributed by atoms with Crippen molar-refractivity contribution >= 4 is 0 Å². The molecule has 0 aromatic rings. The summed E-state index contributed by atoms with van der Waals surface area (Å²) in [5, 5.41) is 167. The zero-order chi connectivity index (χ0) is 60.0. The van der Waals surface area contributed by atoms with Gasteiger partial charge >= 0.3 is 0 Å². The van der Waals surface area contributed by atoms with Crippen LogP contribution < -0.4 is 0 Å². The Bertz CT molecular complexity index is 1360. The van der Waals surface area contributed by atoms with Gasteiger partial charge in [0.1, 0.15) is 146 Å². The number of hydrogen-bond acceptors (Lipinski definition) is 30. The Kier molecular flexibility index (Phi) is 35.7. The molecule has 0 radical (unpaired) electrons. The normalized spacial score (nSPS) is 46.4. The summed E-state index contributed by atoms with van der Waals surface area (Å²) in [6, 6.07) is 0. The zero-order valence-electron chi connectivity index (χ0n) is 46.5. The minimum absolute atomic E-state index is 0.280. The van der Waals surface area contributed by atoms with Crippen molar-refractivity contribution in [2.45, 2.75) is 225 Å². The smallest absolute Gasteiger partial charge is 0.114 e. The van der Waals surface area contributed by atoms with Crippen molar-refractivity contribution in [2.24, 2.45) is 0 Å². The first kappa shape index (κ1) is 74.8. The van der Waals surface area contributed by atoms with Crippen molar-refractivity contribution in [3.8, 4) is 0 Å². The lowest BCUT2D eigenvalue weighted by Crippen LogP contribution is -2.58. The standard InChI is InChI=1S/6C8H16O5/c3*1-4-8(12-2)7(11)6(10)5(3-9)13-4;3*1-4-6(10)8(12-2)7(11)5(3-9)13-4/h6*4-11H,3H2,1-2H3/t6*4-,5?,6?,7?,8?/m111111/s1. The molecule has 30 heteroatoms. The lowest BCUT2D eigenvalue weighted by molar-refractivity contribution is -0.231. The largest absolute Gasteiger partial charge is 0.394 e. The fourth-order valence-corrected chi connectivity index (χ4v) is 9.46. The van der Waals surface area contributed by atoms with Gasteiger partial charge in [0.2, 0.25) is 0 Å². The summed E-state index contributed by atoms with van der Waals surface area (Å²) >= 11 is 0. The first-order chi connectivity index (χ1) is 36.7. The number of rotatable bonds is 12. The highest BCUT2D eigenvalue weighted by atomic mass is 16.6. The van der Waals surface area contributed by atoms with E-state index in [4.69, 9.17) is 87.5 Å². The molecule has 6 aliphatic heterocycles. The van der Waals surface area contributed by atoms with Gasteiger partial charge in [-0.15, -0.1) is 0 Å².